The van der Waals surface area contributed by atoms with Gasteiger partial charge in [0.2, 0.25) is 0 Å². The molecule has 1 saturated carbocycles. The molecule has 1 aromatic rings. The minimum Gasteiger partial charge on any atom is -0.397 e. The lowest BCUT2D eigenvalue weighted by atomic mass is 9.85. The molecule has 5 heteroatoms. The molecule has 1 heterocycles. The highest BCUT2D eigenvalue weighted by Gasteiger charge is 2.21. The number of hydrogen-bond donors (Lipinski definition) is 2. The second-order valence-corrected chi connectivity index (χ2v) is 4.83. The predicted molar refractivity (Wildman–Crippen MR) is 72.4 cm³/mol. The maximum atomic E-state index is 11.3. The van der Waals surface area contributed by atoms with Gasteiger partial charge in [-0.05, 0) is 31.7 Å². The van der Waals surface area contributed by atoms with E-state index < -0.39 is 5.91 Å². The zero-order valence-corrected chi connectivity index (χ0v) is 10.7. The van der Waals surface area contributed by atoms with Crippen LogP contribution in [0.25, 0.3) is 0 Å². The number of anilines is 2. The molecule has 0 saturated heterocycles. The van der Waals surface area contributed by atoms with E-state index in [0.717, 1.165) is 24.8 Å². The molecule has 5 nitrogen and oxygen atoms in total. The zero-order chi connectivity index (χ0) is 13.1. The fourth-order valence-corrected chi connectivity index (χ4v) is 2.21. The Morgan fingerprint density at radius 2 is 2.28 bits per heavy atom. The average Bonchev–Trinajstić information content (AvgIpc) is 2.29. The number of nitrogens with zero attached hydrogens (tertiary/aromatic N) is 2. The van der Waals surface area contributed by atoms with Crippen LogP contribution in [0, 0.1) is 5.92 Å². The number of carbonyl (C=O) groups is 1. The van der Waals surface area contributed by atoms with Crippen LogP contribution in [-0.2, 0) is 0 Å². The fourth-order valence-electron chi connectivity index (χ4n) is 2.21. The number of nitrogens with two attached hydrogens (primary N) is 2. The molecular formula is C13H20N4O. The highest BCUT2D eigenvalue weighted by Crippen LogP contribution is 2.28. The molecule has 18 heavy (non-hydrogen) atoms. The molecule has 0 aromatic carbocycles. The van der Waals surface area contributed by atoms with Crippen LogP contribution < -0.4 is 16.4 Å². The maximum Gasteiger partial charge on any atom is 0.250 e. The van der Waals surface area contributed by atoms with Gasteiger partial charge in [-0.1, -0.05) is 6.42 Å². The van der Waals surface area contributed by atoms with Crippen LogP contribution in [0.1, 0.15) is 36.5 Å². The molecule has 1 aromatic heterocycles. The molecule has 4 N–H and O–H groups in total. The van der Waals surface area contributed by atoms with Crippen molar-refractivity contribution < 1.29 is 4.79 Å². The quantitative estimate of drug-likeness (QED) is 0.824. The zero-order valence-electron chi connectivity index (χ0n) is 10.7. The van der Waals surface area contributed by atoms with Gasteiger partial charge in [0.15, 0.2) is 0 Å². The van der Waals surface area contributed by atoms with Crippen LogP contribution in [0.3, 0.4) is 0 Å². The highest BCUT2D eigenvalue weighted by atomic mass is 16.1. The first-order valence-corrected chi connectivity index (χ1v) is 6.42. The van der Waals surface area contributed by atoms with Crippen molar-refractivity contribution in [2.24, 2.45) is 11.7 Å². The number of amides is 1. The first-order chi connectivity index (χ1) is 8.61. The lowest BCUT2D eigenvalue weighted by Crippen LogP contribution is -2.33. The minimum atomic E-state index is -0.504. The molecule has 1 aliphatic carbocycles. The third-order valence-corrected chi connectivity index (χ3v) is 3.59. The molecule has 0 atom stereocenters. The van der Waals surface area contributed by atoms with E-state index in [9.17, 15) is 4.79 Å². The van der Waals surface area contributed by atoms with Gasteiger partial charge in [0.1, 0.15) is 5.82 Å². The van der Waals surface area contributed by atoms with Gasteiger partial charge in [0.25, 0.3) is 5.91 Å². The van der Waals surface area contributed by atoms with Crippen molar-refractivity contribution in [3.05, 3.63) is 17.8 Å². The number of nitrogen functional groups attached to an aromatic ring is 1. The molecular weight excluding hydrogens is 228 g/mol. The van der Waals surface area contributed by atoms with Crippen LogP contribution in [0.5, 0.6) is 0 Å². The molecule has 0 aliphatic heterocycles. The number of hydrogen-bond acceptors (Lipinski definition) is 4. The van der Waals surface area contributed by atoms with Crippen molar-refractivity contribution in [1.29, 1.82) is 0 Å². The summed E-state index contributed by atoms with van der Waals surface area (Å²) in [7, 11) is 0. The normalized spacial score (nSPS) is 15.2. The molecule has 1 amide bonds. The van der Waals surface area contributed by atoms with Crippen molar-refractivity contribution in [3.63, 3.8) is 0 Å². The van der Waals surface area contributed by atoms with Crippen molar-refractivity contribution in [2.75, 3.05) is 23.7 Å². The standard InChI is InChI=1S/C13H20N4O/c1-2-17(8-9-4-3-5-9)12-6-10(13(15)18)11(14)7-16-12/h6-7,9H,2-5,8,14H2,1H3,(H2,15,18). The van der Waals surface area contributed by atoms with E-state index in [1.807, 2.05) is 0 Å². The minimum absolute atomic E-state index is 0.339. The highest BCUT2D eigenvalue weighted by molar-refractivity contribution is 5.98. The topological polar surface area (TPSA) is 85.2 Å². The summed E-state index contributed by atoms with van der Waals surface area (Å²) in [5, 5.41) is 0. The van der Waals surface area contributed by atoms with Gasteiger partial charge in [0.05, 0.1) is 17.4 Å². The SMILES string of the molecule is CCN(CC1CCC1)c1cc(C(N)=O)c(N)cn1. The van der Waals surface area contributed by atoms with E-state index in [1.54, 1.807) is 6.07 Å². The van der Waals surface area contributed by atoms with E-state index >= 15 is 0 Å². The Balaban J connectivity index is 2.19. The van der Waals surface area contributed by atoms with Gasteiger partial charge in [-0.25, -0.2) is 4.98 Å². The van der Waals surface area contributed by atoms with Gasteiger partial charge in [-0.15, -0.1) is 0 Å². The van der Waals surface area contributed by atoms with Crippen molar-refractivity contribution in [2.45, 2.75) is 26.2 Å². The summed E-state index contributed by atoms with van der Waals surface area (Å²) in [6.45, 7) is 3.94. The number of pyridine rings is 1. The second-order valence-electron chi connectivity index (χ2n) is 4.83. The third kappa shape index (κ3) is 2.55. The smallest absolute Gasteiger partial charge is 0.250 e. The van der Waals surface area contributed by atoms with Crippen LogP contribution in [0.15, 0.2) is 12.3 Å². The Kier molecular flexibility index (Phi) is 3.69. The van der Waals surface area contributed by atoms with Gasteiger partial charge in [-0.2, -0.15) is 0 Å². The summed E-state index contributed by atoms with van der Waals surface area (Å²) in [4.78, 5) is 17.7. The number of aromatic nitrogens is 1. The average molecular weight is 248 g/mol. The lowest BCUT2D eigenvalue weighted by Gasteiger charge is -2.32. The third-order valence-electron chi connectivity index (χ3n) is 3.59. The molecule has 1 fully saturated rings. The van der Waals surface area contributed by atoms with E-state index in [4.69, 9.17) is 11.5 Å². The van der Waals surface area contributed by atoms with Gasteiger partial charge in [0, 0.05) is 13.1 Å². The summed E-state index contributed by atoms with van der Waals surface area (Å²) >= 11 is 0. The molecule has 0 unspecified atom stereocenters. The Morgan fingerprint density at radius 3 is 2.78 bits per heavy atom. The predicted octanol–water partition coefficient (Wildman–Crippen LogP) is 1.39. The number of rotatable bonds is 5. The number of primary amides is 1. The van der Waals surface area contributed by atoms with Gasteiger partial charge < -0.3 is 16.4 Å². The van der Waals surface area contributed by atoms with Crippen LogP contribution in [0.4, 0.5) is 11.5 Å². The Labute approximate surface area is 107 Å². The van der Waals surface area contributed by atoms with E-state index in [1.165, 1.54) is 25.5 Å². The molecule has 98 valence electrons. The molecule has 2 rings (SSSR count). The second kappa shape index (κ2) is 5.25. The lowest BCUT2D eigenvalue weighted by molar-refractivity contribution is 0.100. The van der Waals surface area contributed by atoms with Crippen molar-refractivity contribution in [3.8, 4) is 0 Å². The first-order valence-electron chi connectivity index (χ1n) is 6.42. The summed E-state index contributed by atoms with van der Waals surface area (Å²) < 4.78 is 0. The van der Waals surface area contributed by atoms with Gasteiger partial charge in [-0.3, -0.25) is 4.79 Å². The maximum absolute atomic E-state index is 11.3. The molecule has 0 spiro atoms. The van der Waals surface area contributed by atoms with Gasteiger partial charge >= 0.3 is 0 Å². The first kappa shape index (κ1) is 12.7. The summed E-state index contributed by atoms with van der Waals surface area (Å²) in [5.74, 6) is 1.03. The summed E-state index contributed by atoms with van der Waals surface area (Å²) in [6, 6.07) is 1.69. The summed E-state index contributed by atoms with van der Waals surface area (Å²) in [5.41, 5.74) is 11.7. The Hall–Kier alpha value is -1.78. The van der Waals surface area contributed by atoms with Crippen LogP contribution in [0.2, 0.25) is 0 Å². The Bertz CT molecular complexity index is 443. The van der Waals surface area contributed by atoms with E-state index in [2.05, 4.69) is 16.8 Å². The van der Waals surface area contributed by atoms with Crippen molar-refractivity contribution in [1.82, 2.24) is 4.98 Å². The summed E-state index contributed by atoms with van der Waals surface area (Å²) in [6.07, 6.45) is 5.41. The molecule has 0 radical (unpaired) electrons. The Morgan fingerprint density at radius 1 is 1.56 bits per heavy atom. The molecule has 1 aliphatic rings. The van der Waals surface area contributed by atoms with E-state index in [0.29, 0.717) is 11.3 Å². The fraction of sp³-hybridized carbons (Fsp3) is 0.538. The monoisotopic (exact) mass is 248 g/mol. The van der Waals surface area contributed by atoms with Crippen LogP contribution >= 0.6 is 0 Å². The van der Waals surface area contributed by atoms with Crippen molar-refractivity contribution >= 4 is 17.4 Å². The molecule has 0 bridgehead atoms. The largest absolute Gasteiger partial charge is 0.397 e. The van der Waals surface area contributed by atoms with E-state index in [-0.39, 0.29) is 0 Å². The van der Waals surface area contributed by atoms with Crippen LogP contribution in [-0.4, -0.2) is 24.0 Å². The number of carbonyl (C=O) groups excluding carboxylic acids is 1.